The number of amides is 1. The van der Waals surface area contributed by atoms with Crippen LogP contribution in [0.2, 0.25) is 0 Å². The SMILES string of the molecule is CC/C=C\C/C=C\C/C=C\C/C=C\C/C=C\C/C=C\C/C=C\C/C=C\C/C=C\C/C=C\C/C=C\CCCCCC(=O)NC(CO)C(O)/C=C/CCCCCCCCCCCCCCCCCCCC. The average molecular weight is 951 g/mol. The molecular formula is C65H107NO3. The van der Waals surface area contributed by atoms with Gasteiger partial charge < -0.3 is 15.5 Å². The van der Waals surface area contributed by atoms with Crippen molar-refractivity contribution in [1.82, 2.24) is 5.32 Å². The zero-order valence-corrected chi connectivity index (χ0v) is 44.8. The van der Waals surface area contributed by atoms with Crippen LogP contribution in [0.5, 0.6) is 0 Å². The lowest BCUT2D eigenvalue weighted by molar-refractivity contribution is -0.123. The Morgan fingerprint density at radius 3 is 0.957 bits per heavy atom. The predicted molar refractivity (Wildman–Crippen MR) is 308 cm³/mol. The normalized spacial score (nSPS) is 14.0. The number of unbranched alkanes of at least 4 members (excludes halogenated alkanes) is 21. The van der Waals surface area contributed by atoms with Gasteiger partial charge in [-0.1, -0.05) is 275 Å². The van der Waals surface area contributed by atoms with Crippen LogP contribution in [0.1, 0.15) is 239 Å². The van der Waals surface area contributed by atoms with Crippen LogP contribution in [-0.2, 0) is 4.79 Å². The summed E-state index contributed by atoms with van der Waals surface area (Å²) in [5.41, 5.74) is 0. The van der Waals surface area contributed by atoms with Gasteiger partial charge in [-0.3, -0.25) is 4.79 Å². The van der Waals surface area contributed by atoms with Gasteiger partial charge in [-0.05, 0) is 103 Å². The predicted octanol–water partition coefficient (Wildman–Crippen LogP) is 19.2. The van der Waals surface area contributed by atoms with E-state index in [1.165, 1.54) is 109 Å². The van der Waals surface area contributed by atoms with Crippen molar-refractivity contribution >= 4 is 5.91 Å². The number of hydrogen-bond acceptors (Lipinski definition) is 3. The van der Waals surface area contributed by atoms with Gasteiger partial charge in [0.05, 0.1) is 18.8 Å². The van der Waals surface area contributed by atoms with Gasteiger partial charge in [0.2, 0.25) is 5.91 Å². The van der Waals surface area contributed by atoms with Crippen LogP contribution in [0.25, 0.3) is 0 Å². The van der Waals surface area contributed by atoms with E-state index in [-0.39, 0.29) is 12.5 Å². The molecule has 0 aromatic rings. The third kappa shape index (κ3) is 55.1. The van der Waals surface area contributed by atoms with E-state index in [2.05, 4.69) is 153 Å². The minimum atomic E-state index is -0.865. The number of nitrogens with one attached hydrogen (secondary N) is 1. The lowest BCUT2D eigenvalue weighted by Crippen LogP contribution is -2.45. The maximum atomic E-state index is 12.5. The first-order valence-corrected chi connectivity index (χ1v) is 28.5. The monoisotopic (exact) mass is 950 g/mol. The standard InChI is InChI=1S/C65H107NO3/c1-3-5-7-9-11-13-15-17-19-21-23-25-26-27-28-29-30-31-32-33-34-35-36-37-38-39-40-41-43-45-47-49-51-53-55-57-59-61-65(69)66-63(62-67)64(68)60-58-56-54-52-50-48-46-44-42-24-22-20-18-16-14-12-10-8-6-4-2/h5,7,11,13,17,19,23,25,27-28,30-31,33-34,36-37,39-40,43,45,49,51,58,60,63-64,67-68H,3-4,6,8-10,12,14-16,18,20-22,24,26,29,32,35,38,41-42,44,46-48,50,52-57,59,61-62H2,1-2H3,(H,66,69)/b7-5-,13-11-,19-17-,25-23-,28-27-,31-30-,34-33-,37-36-,40-39-,45-43-,51-49-,60-58+. The van der Waals surface area contributed by atoms with Gasteiger partial charge >= 0.3 is 0 Å². The summed E-state index contributed by atoms with van der Waals surface area (Å²) in [5, 5.41) is 23.1. The van der Waals surface area contributed by atoms with Crippen molar-refractivity contribution in [3.8, 4) is 0 Å². The zero-order chi connectivity index (χ0) is 49.9. The Bertz CT molecular complexity index is 1450. The van der Waals surface area contributed by atoms with E-state index < -0.39 is 12.1 Å². The molecule has 0 radical (unpaired) electrons. The largest absolute Gasteiger partial charge is 0.394 e. The molecule has 0 saturated carbocycles. The topological polar surface area (TPSA) is 69.6 Å². The first-order chi connectivity index (χ1) is 34.2. The number of rotatable bonds is 50. The molecule has 4 nitrogen and oxygen atoms in total. The van der Waals surface area contributed by atoms with Gasteiger partial charge in [0.15, 0.2) is 0 Å². The lowest BCUT2D eigenvalue weighted by atomic mass is 10.0. The molecule has 1 amide bonds. The van der Waals surface area contributed by atoms with E-state index in [9.17, 15) is 15.0 Å². The van der Waals surface area contributed by atoms with Crippen molar-refractivity contribution < 1.29 is 15.0 Å². The summed E-state index contributed by atoms with van der Waals surface area (Å²) in [4.78, 5) is 12.5. The Kier molecular flexibility index (Phi) is 55.4. The molecule has 0 bridgehead atoms. The number of aliphatic hydroxyl groups is 2. The van der Waals surface area contributed by atoms with Gasteiger partial charge in [0.1, 0.15) is 0 Å². The lowest BCUT2D eigenvalue weighted by Gasteiger charge is -2.19. The average Bonchev–Trinajstić information content (AvgIpc) is 3.35. The van der Waals surface area contributed by atoms with Gasteiger partial charge in [0, 0.05) is 6.42 Å². The third-order valence-corrected chi connectivity index (χ3v) is 12.1. The molecule has 0 aliphatic carbocycles. The molecule has 4 heteroatoms. The second kappa shape index (κ2) is 58.6. The summed E-state index contributed by atoms with van der Waals surface area (Å²) < 4.78 is 0. The number of hydrogen-bond donors (Lipinski definition) is 3. The zero-order valence-electron chi connectivity index (χ0n) is 44.8. The number of carbonyl (C=O) groups excluding carboxylic acids is 1. The van der Waals surface area contributed by atoms with Crippen molar-refractivity contribution in [3.63, 3.8) is 0 Å². The molecule has 69 heavy (non-hydrogen) atoms. The second-order valence-corrected chi connectivity index (χ2v) is 18.6. The Balaban J connectivity index is 3.71. The molecule has 0 spiro atoms. The van der Waals surface area contributed by atoms with Gasteiger partial charge in [-0.15, -0.1) is 0 Å². The second-order valence-electron chi connectivity index (χ2n) is 18.6. The molecule has 2 atom stereocenters. The molecular weight excluding hydrogens is 843 g/mol. The fourth-order valence-electron chi connectivity index (χ4n) is 7.77. The van der Waals surface area contributed by atoms with Crippen molar-refractivity contribution in [3.05, 3.63) is 146 Å². The Labute approximate surface area is 427 Å². The molecule has 3 N–H and O–H groups in total. The molecule has 0 saturated heterocycles. The molecule has 0 aromatic carbocycles. The smallest absolute Gasteiger partial charge is 0.220 e. The van der Waals surface area contributed by atoms with E-state index in [4.69, 9.17) is 0 Å². The molecule has 0 heterocycles. The summed E-state index contributed by atoms with van der Waals surface area (Å²) in [6.45, 7) is 4.18. The summed E-state index contributed by atoms with van der Waals surface area (Å²) in [6, 6.07) is -0.652. The van der Waals surface area contributed by atoms with Crippen LogP contribution >= 0.6 is 0 Å². The first-order valence-electron chi connectivity index (χ1n) is 28.5. The van der Waals surface area contributed by atoms with Crippen LogP contribution in [0.3, 0.4) is 0 Å². The molecule has 0 aliphatic rings. The summed E-state index contributed by atoms with van der Waals surface area (Å²) in [7, 11) is 0. The number of carbonyl (C=O) groups is 1. The van der Waals surface area contributed by atoms with E-state index in [0.717, 1.165) is 109 Å². The summed E-state index contributed by atoms with van der Waals surface area (Å²) in [6.07, 6.45) is 92.8. The third-order valence-electron chi connectivity index (χ3n) is 12.1. The maximum Gasteiger partial charge on any atom is 0.220 e. The highest BCUT2D eigenvalue weighted by Crippen LogP contribution is 2.15. The van der Waals surface area contributed by atoms with Crippen LogP contribution in [0.4, 0.5) is 0 Å². The number of aliphatic hydroxyl groups excluding tert-OH is 2. The van der Waals surface area contributed by atoms with Crippen molar-refractivity contribution in [2.45, 2.75) is 251 Å². The van der Waals surface area contributed by atoms with Crippen LogP contribution in [0.15, 0.2) is 146 Å². The quantitative estimate of drug-likeness (QED) is 0.0420. The van der Waals surface area contributed by atoms with E-state index in [1.807, 2.05) is 6.08 Å². The van der Waals surface area contributed by atoms with Crippen molar-refractivity contribution in [2.75, 3.05) is 6.61 Å². The van der Waals surface area contributed by atoms with Gasteiger partial charge in [0.25, 0.3) is 0 Å². The van der Waals surface area contributed by atoms with Gasteiger partial charge in [-0.2, -0.15) is 0 Å². The molecule has 0 aliphatic heterocycles. The molecule has 390 valence electrons. The van der Waals surface area contributed by atoms with E-state index >= 15 is 0 Å². The molecule has 0 aromatic heterocycles. The van der Waals surface area contributed by atoms with E-state index in [1.54, 1.807) is 6.08 Å². The Morgan fingerprint density at radius 2 is 0.638 bits per heavy atom. The van der Waals surface area contributed by atoms with Crippen molar-refractivity contribution in [1.29, 1.82) is 0 Å². The fourth-order valence-corrected chi connectivity index (χ4v) is 7.77. The van der Waals surface area contributed by atoms with E-state index in [0.29, 0.717) is 6.42 Å². The Morgan fingerprint density at radius 1 is 0.362 bits per heavy atom. The molecule has 0 rings (SSSR count). The fraction of sp³-hybridized carbons (Fsp3) is 0.615. The highest BCUT2D eigenvalue weighted by molar-refractivity contribution is 5.76. The highest BCUT2D eigenvalue weighted by Gasteiger charge is 2.17. The van der Waals surface area contributed by atoms with Crippen LogP contribution < -0.4 is 5.32 Å². The first kappa shape index (κ1) is 65.3. The Hall–Kier alpha value is -3.73. The number of allylic oxidation sites excluding steroid dienone is 23. The highest BCUT2D eigenvalue weighted by atomic mass is 16.3. The molecule has 0 fully saturated rings. The summed E-state index contributed by atoms with van der Waals surface area (Å²) in [5.74, 6) is -0.101. The maximum absolute atomic E-state index is 12.5. The van der Waals surface area contributed by atoms with Crippen LogP contribution in [0, 0.1) is 0 Å². The van der Waals surface area contributed by atoms with Crippen LogP contribution in [-0.4, -0.2) is 34.9 Å². The van der Waals surface area contributed by atoms with Crippen molar-refractivity contribution in [2.24, 2.45) is 0 Å². The minimum absolute atomic E-state index is 0.101. The molecule has 2 unspecified atom stereocenters. The summed E-state index contributed by atoms with van der Waals surface area (Å²) >= 11 is 0. The van der Waals surface area contributed by atoms with Gasteiger partial charge in [-0.25, -0.2) is 0 Å². The minimum Gasteiger partial charge on any atom is -0.394 e.